The van der Waals surface area contributed by atoms with Crippen LogP contribution in [0.2, 0.25) is 0 Å². The van der Waals surface area contributed by atoms with E-state index in [2.05, 4.69) is 4.72 Å². The van der Waals surface area contributed by atoms with Crippen molar-refractivity contribution in [2.75, 3.05) is 0 Å². The van der Waals surface area contributed by atoms with Crippen LogP contribution in [0.1, 0.15) is 56.9 Å². The maximum Gasteiger partial charge on any atom is 0.298 e. The third-order valence-corrected chi connectivity index (χ3v) is 12.5. The Labute approximate surface area is 284 Å². The molecule has 49 heavy (non-hydrogen) atoms. The number of sulfonamides is 1. The van der Waals surface area contributed by atoms with Gasteiger partial charge >= 0.3 is 0 Å². The van der Waals surface area contributed by atoms with E-state index in [9.17, 15) is 13.2 Å². The Kier molecular flexibility index (Phi) is 7.92. The fourth-order valence-corrected chi connectivity index (χ4v) is 9.82. The summed E-state index contributed by atoms with van der Waals surface area (Å²) >= 11 is 0. The zero-order chi connectivity index (χ0) is 34.0. The Balaban J connectivity index is 1.10. The molecule has 4 aromatic carbocycles. The Morgan fingerprint density at radius 1 is 0.898 bits per heavy atom. The summed E-state index contributed by atoms with van der Waals surface area (Å²) in [5.41, 5.74) is 5.18. The molecule has 9 rings (SSSR count). The van der Waals surface area contributed by atoms with Gasteiger partial charge in [0.15, 0.2) is 6.04 Å². The Morgan fingerprint density at radius 2 is 1.57 bits per heavy atom. The number of carbonyl (C=O) groups excluding carboxylic acids is 1. The van der Waals surface area contributed by atoms with Crippen LogP contribution >= 0.6 is 0 Å². The third kappa shape index (κ3) is 5.65. The number of nitrogens with one attached hydrogen (secondary N) is 1. The van der Waals surface area contributed by atoms with Crippen molar-refractivity contribution in [3.63, 3.8) is 0 Å². The highest BCUT2D eigenvalue weighted by Crippen LogP contribution is 2.63. The lowest BCUT2D eigenvalue weighted by molar-refractivity contribution is -0.238. The van der Waals surface area contributed by atoms with Crippen molar-refractivity contribution >= 4 is 26.7 Å². The minimum Gasteiger partial charge on any atom is -0.490 e. The van der Waals surface area contributed by atoms with Gasteiger partial charge in [-0.05, 0) is 123 Å². The first-order valence-corrected chi connectivity index (χ1v) is 18.5. The predicted molar refractivity (Wildman–Crippen MR) is 181 cm³/mol. The van der Waals surface area contributed by atoms with Gasteiger partial charge in [0.05, 0.1) is 11.0 Å². The first kappa shape index (κ1) is 32.2. The summed E-state index contributed by atoms with van der Waals surface area (Å²) < 4.78 is 75.3. The van der Waals surface area contributed by atoms with Crippen molar-refractivity contribution in [1.29, 1.82) is 0 Å². The molecular formula is C38H39F2N3O5S. The van der Waals surface area contributed by atoms with Gasteiger partial charge in [0.25, 0.3) is 5.92 Å². The van der Waals surface area contributed by atoms with E-state index in [1.807, 2.05) is 12.1 Å². The average molecular weight is 688 g/mol. The molecule has 5 fully saturated rings. The molecular weight excluding hydrogens is 648 g/mol. The number of nitrogens with zero attached hydrogens (tertiary/aromatic N) is 1. The normalized spacial score (nSPS) is 25.6. The van der Waals surface area contributed by atoms with E-state index in [1.54, 1.807) is 42.5 Å². The highest BCUT2D eigenvalue weighted by Gasteiger charge is 2.71. The Bertz CT molecular complexity index is 1990. The number of hydrogen-bond acceptors (Lipinski definition) is 6. The number of hydrogen-bond donors (Lipinski definition) is 2. The molecule has 4 unspecified atom stereocenters. The standard InChI is InChI=1S/C38H39F2N3O5S/c39-38(40,26-12-15-30(16-13-26)47-28-6-2-1-3-7-28)35(36(44)43-34-22-27(41)23-37(43)19-18-33(34)37)42-49(45,46)32-17-11-24-20-31(14-10-25(24)21-32)48-29-8-4-5-9-29/h1-3,6-7,10-17,20-21,27,29,33-35,42H,4-5,8-9,18-19,22-23,41H2/t27?,33?,34?,35-,37?/m0/s1. The summed E-state index contributed by atoms with van der Waals surface area (Å²) in [6.45, 7) is 0. The number of halogens is 2. The number of ether oxygens (including phenoxy) is 2. The van der Waals surface area contributed by atoms with Gasteiger partial charge in [0, 0.05) is 29.1 Å². The summed E-state index contributed by atoms with van der Waals surface area (Å²) in [6.07, 6.45) is 7.05. The molecule has 2 heterocycles. The first-order chi connectivity index (χ1) is 23.5. The number of benzene rings is 4. The number of nitrogens with two attached hydrogens (primary N) is 1. The molecule has 0 radical (unpaired) electrons. The van der Waals surface area contributed by atoms with Crippen LogP contribution in [0.4, 0.5) is 8.78 Å². The summed E-state index contributed by atoms with van der Waals surface area (Å²) in [5.74, 6) is -3.06. The van der Waals surface area contributed by atoms with Crippen molar-refractivity contribution in [1.82, 2.24) is 9.62 Å². The van der Waals surface area contributed by atoms with Crippen LogP contribution in [0.5, 0.6) is 17.2 Å². The van der Waals surface area contributed by atoms with Gasteiger partial charge in [-0.1, -0.05) is 30.3 Å². The van der Waals surface area contributed by atoms with E-state index in [0.29, 0.717) is 41.9 Å². The fourth-order valence-electron chi connectivity index (χ4n) is 8.59. The molecule has 5 atom stereocenters. The number of fused-ring (bicyclic) bond motifs is 3. The van der Waals surface area contributed by atoms with Crippen LogP contribution in [-0.4, -0.2) is 49.0 Å². The van der Waals surface area contributed by atoms with Gasteiger partial charge in [0.2, 0.25) is 15.9 Å². The summed E-state index contributed by atoms with van der Waals surface area (Å²) in [4.78, 5) is 15.6. The largest absolute Gasteiger partial charge is 0.490 e. The van der Waals surface area contributed by atoms with Crippen molar-refractivity contribution in [3.8, 4) is 17.2 Å². The minimum absolute atomic E-state index is 0.125. The van der Waals surface area contributed by atoms with Crippen molar-refractivity contribution in [2.24, 2.45) is 11.7 Å². The SMILES string of the molecule is NC1CC2C3CCC3(C1)N2C(=O)[C@H](NS(=O)(=O)c1ccc2cc(OC3CCCC3)ccc2c1)C(F)(F)c1ccc(Oc2ccccc2)cc1. The third-order valence-electron chi connectivity index (χ3n) is 11.1. The van der Waals surface area contributed by atoms with E-state index < -0.39 is 39.0 Å². The molecule has 4 aromatic rings. The lowest BCUT2D eigenvalue weighted by Crippen LogP contribution is -2.85. The van der Waals surface area contributed by atoms with Gasteiger partial charge in [-0.3, -0.25) is 4.79 Å². The predicted octanol–water partition coefficient (Wildman–Crippen LogP) is 6.87. The summed E-state index contributed by atoms with van der Waals surface area (Å²) in [5, 5.41) is 1.36. The van der Waals surface area contributed by atoms with Crippen molar-refractivity contribution in [2.45, 2.75) is 92.0 Å². The van der Waals surface area contributed by atoms with E-state index in [0.717, 1.165) is 37.5 Å². The van der Waals surface area contributed by atoms with Gasteiger partial charge in [-0.2, -0.15) is 13.5 Å². The smallest absolute Gasteiger partial charge is 0.298 e. The van der Waals surface area contributed by atoms with Crippen LogP contribution in [0.25, 0.3) is 10.8 Å². The van der Waals surface area contributed by atoms with Crippen molar-refractivity contribution < 1.29 is 31.5 Å². The lowest BCUT2D eigenvalue weighted by Gasteiger charge is -2.75. The van der Waals surface area contributed by atoms with Gasteiger partial charge < -0.3 is 20.1 Å². The van der Waals surface area contributed by atoms with Gasteiger partial charge in [-0.25, -0.2) is 8.42 Å². The number of rotatable bonds is 10. The summed E-state index contributed by atoms with van der Waals surface area (Å²) in [7, 11) is -4.59. The average Bonchev–Trinajstić information content (AvgIpc) is 3.59. The van der Waals surface area contributed by atoms with Crippen LogP contribution < -0.4 is 19.9 Å². The monoisotopic (exact) mass is 687 g/mol. The molecule has 256 valence electrons. The maximum absolute atomic E-state index is 16.7. The molecule has 2 saturated heterocycles. The minimum atomic E-state index is -4.59. The molecule has 0 aromatic heterocycles. The van der Waals surface area contributed by atoms with Crippen LogP contribution in [0, 0.1) is 5.92 Å². The second-order valence-electron chi connectivity index (χ2n) is 14.0. The van der Waals surface area contributed by atoms with Crippen LogP contribution in [-0.2, 0) is 20.7 Å². The highest BCUT2D eigenvalue weighted by molar-refractivity contribution is 7.89. The van der Waals surface area contributed by atoms with Crippen molar-refractivity contribution in [3.05, 3.63) is 96.6 Å². The molecule has 3 aliphatic carbocycles. The second kappa shape index (κ2) is 12.1. The second-order valence-corrected chi connectivity index (χ2v) is 15.8. The Hall–Kier alpha value is -4.06. The Morgan fingerprint density at radius 3 is 2.27 bits per heavy atom. The van der Waals surface area contributed by atoms with E-state index in [-0.39, 0.29) is 29.0 Å². The topological polar surface area (TPSA) is 111 Å². The lowest BCUT2D eigenvalue weighted by atomic mass is 9.47. The number of amides is 1. The van der Waals surface area contributed by atoms with E-state index >= 15 is 8.78 Å². The van der Waals surface area contributed by atoms with E-state index in [4.69, 9.17) is 15.2 Å². The number of piperidine rings is 2. The highest BCUT2D eigenvalue weighted by atomic mass is 32.2. The first-order valence-electron chi connectivity index (χ1n) is 17.1. The molecule has 1 amide bonds. The number of carbonyl (C=O) groups is 1. The van der Waals surface area contributed by atoms with Crippen LogP contribution in [0.15, 0.2) is 95.9 Å². The molecule has 3 saturated carbocycles. The molecule has 1 spiro atoms. The molecule has 2 aliphatic heterocycles. The molecule has 11 heteroatoms. The van der Waals surface area contributed by atoms with E-state index in [1.165, 1.54) is 41.3 Å². The number of alkyl halides is 2. The zero-order valence-electron chi connectivity index (χ0n) is 26.9. The molecule has 5 aliphatic rings. The maximum atomic E-state index is 16.7. The quantitative estimate of drug-likeness (QED) is 0.188. The molecule has 2 bridgehead atoms. The zero-order valence-corrected chi connectivity index (χ0v) is 27.8. The van der Waals surface area contributed by atoms with Crippen LogP contribution in [0.3, 0.4) is 0 Å². The van der Waals surface area contributed by atoms with Gasteiger partial charge in [-0.15, -0.1) is 0 Å². The fraction of sp³-hybridized carbons (Fsp3) is 0.395. The number of para-hydroxylation sites is 1. The summed E-state index contributed by atoms with van der Waals surface area (Å²) in [6, 6.07) is 21.1. The molecule has 8 nitrogen and oxygen atoms in total. The molecule has 3 N–H and O–H groups in total. The van der Waals surface area contributed by atoms with Gasteiger partial charge in [0.1, 0.15) is 17.2 Å².